The van der Waals surface area contributed by atoms with E-state index in [4.69, 9.17) is 15.3 Å². The Morgan fingerprint density at radius 3 is 2.88 bits per heavy atom. The third-order valence-corrected chi connectivity index (χ3v) is 2.60. The first-order valence-electron chi connectivity index (χ1n) is 5.53. The molecule has 1 aromatic carbocycles. The van der Waals surface area contributed by atoms with Crippen LogP contribution in [0.15, 0.2) is 30.3 Å². The minimum atomic E-state index is -0.639. The average molecular weight is 236 g/mol. The van der Waals surface area contributed by atoms with Crippen molar-refractivity contribution in [2.24, 2.45) is 5.84 Å². The molecule has 0 aliphatic carbocycles. The highest BCUT2D eigenvalue weighted by molar-refractivity contribution is 5.55. The molecule has 0 bridgehead atoms. The number of benzene rings is 1. The molecule has 1 aromatic rings. The maximum atomic E-state index is 10.6. The lowest BCUT2D eigenvalue weighted by Crippen LogP contribution is -2.37. The maximum Gasteiger partial charge on any atom is 0.179 e. The number of rotatable bonds is 5. The summed E-state index contributed by atoms with van der Waals surface area (Å²) in [6.07, 6.45) is -0.0868. The van der Waals surface area contributed by atoms with Crippen LogP contribution in [0.1, 0.15) is 5.56 Å². The summed E-state index contributed by atoms with van der Waals surface area (Å²) in [6.45, 7) is 1.49. The van der Waals surface area contributed by atoms with Gasteiger partial charge in [0.05, 0.1) is 19.3 Å². The molecule has 1 aliphatic rings. The van der Waals surface area contributed by atoms with Gasteiger partial charge in [0, 0.05) is 6.54 Å². The minimum absolute atomic E-state index is 0.140. The number of hydrogen-bond acceptors (Lipinski definition) is 5. The lowest BCUT2D eigenvalue weighted by molar-refractivity contribution is -0.125. The average Bonchev–Trinajstić information content (AvgIpc) is 2.71. The predicted molar refractivity (Wildman–Crippen MR) is 61.7 cm³/mol. The van der Waals surface area contributed by atoms with Gasteiger partial charge in [0.1, 0.15) is 0 Å². The van der Waals surface area contributed by atoms with Gasteiger partial charge in [-0.1, -0.05) is 30.3 Å². The molecule has 0 amide bonds. The highest BCUT2D eigenvalue weighted by Crippen LogP contribution is 2.11. The Bertz CT molecular complexity index is 358. The Labute approximate surface area is 100 Å². The van der Waals surface area contributed by atoms with Crippen LogP contribution in [0.2, 0.25) is 0 Å². The van der Waals surface area contributed by atoms with Crippen molar-refractivity contribution < 1.29 is 14.3 Å². The quantitative estimate of drug-likeness (QED) is 0.588. The number of aldehydes is 1. The van der Waals surface area contributed by atoms with Crippen LogP contribution < -0.4 is 5.84 Å². The number of hydrazine groups is 1. The third-order valence-electron chi connectivity index (χ3n) is 2.60. The molecule has 17 heavy (non-hydrogen) atoms. The number of nitrogens with two attached hydrogens (primary N) is 1. The lowest BCUT2D eigenvalue weighted by atomic mass is 10.2. The lowest BCUT2D eigenvalue weighted by Gasteiger charge is -2.09. The topological polar surface area (TPSA) is 64.8 Å². The summed E-state index contributed by atoms with van der Waals surface area (Å²) in [7, 11) is 0. The zero-order valence-corrected chi connectivity index (χ0v) is 9.49. The molecule has 1 fully saturated rings. The zero-order valence-electron chi connectivity index (χ0n) is 9.49. The summed E-state index contributed by atoms with van der Waals surface area (Å²) in [6, 6.07) is 9.89. The van der Waals surface area contributed by atoms with E-state index in [9.17, 15) is 4.79 Å². The van der Waals surface area contributed by atoms with Crippen molar-refractivity contribution in [3.63, 3.8) is 0 Å². The van der Waals surface area contributed by atoms with Crippen LogP contribution in [0.5, 0.6) is 0 Å². The van der Waals surface area contributed by atoms with E-state index in [0.717, 1.165) is 5.56 Å². The van der Waals surface area contributed by atoms with Gasteiger partial charge in [0.2, 0.25) is 0 Å². The van der Waals surface area contributed by atoms with E-state index in [0.29, 0.717) is 26.0 Å². The second-order valence-corrected chi connectivity index (χ2v) is 3.98. The molecule has 0 radical (unpaired) electrons. The van der Waals surface area contributed by atoms with E-state index in [-0.39, 0.29) is 6.10 Å². The highest BCUT2D eigenvalue weighted by Gasteiger charge is 2.30. The zero-order chi connectivity index (χ0) is 12.1. The predicted octanol–water partition coefficient (Wildman–Crippen LogP) is 0.303. The van der Waals surface area contributed by atoms with Crippen LogP contribution in [-0.4, -0.2) is 36.8 Å². The minimum Gasteiger partial charge on any atom is -0.374 e. The Kier molecular flexibility index (Phi) is 4.22. The molecule has 5 heteroatoms. The first kappa shape index (κ1) is 12.2. The molecule has 0 aromatic heterocycles. The summed E-state index contributed by atoms with van der Waals surface area (Å²) in [5, 5.41) is 1.38. The van der Waals surface area contributed by atoms with Crippen molar-refractivity contribution in [2.45, 2.75) is 18.9 Å². The molecule has 2 rings (SSSR count). The standard InChI is InChI=1S/C12H16N2O3/c13-14-6-11(17-12(14)7-15)9-16-8-10-4-2-1-3-5-10/h1-5,7,11-12H,6,8-9,13H2. The highest BCUT2D eigenvalue weighted by atomic mass is 16.6. The smallest absolute Gasteiger partial charge is 0.179 e. The van der Waals surface area contributed by atoms with Crippen LogP contribution in [-0.2, 0) is 20.9 Å². The summed E-state index contributed by atoms with van der Waals surface area (Å²) in [5.41, 5.74) is 1.11. The fraction of sp³-hybridized carbons (Fsp3) is 0.417. The molecule has 0 spiro atoms. The Hall–Kier alpha value is -1.27. The van der Waals surface area contributed by atoms with Gasteiger partial charge in [-0.3, -0.25) is 10.6 Å². The fourth-order valence-corrected chi connectivity index (χ4v) is 1.74. The van der Waals surface area contributed by atoms with Crippen LogP contribution in [0.3, 0.4) is 0 Å². The van der Waals surface area contributed by atoms with Crippen LogP contribution in [0.25, 0.3) is 0 Å². The van der Waals surface area contributed by atoms with Gasteiger partial charge in [-0.05, 0) is 5.56 Å². The third kappa shape index (κ3) is 3.34. The van der Waals surface area contributed by atoms with Crippen LogP contribution >= 0.6 is 0 Å². The van der Waals surface area contributed by atoms with Gasteiger partial charge in [0.15, 0.2) is 12.5 Å². The van der Waals surface area contributed by atoms with E-state index >= 15 is 0 Å². The van der Waals surface area contributed by atoms with Gasteiger partial charge >= 0.3 is 0 Å². The second kappa shape index (κ2) is 5.88. The van der Waals surface area contributed by atoms with Crippen molar-refractivity contribution in [1.82, 2.24) is 5.01 Å². The van der Waals surface area contributed by atoms with Crippen molar-refractivity contribution in [3.8, 4) is 0 Å². The van der Waals surface area contributed by atoms with Gasteiger partial charge < -0.3 is 9.47 Å². The molecule has 2 unspecified atom stereocenters. The SMILES string of the molecule is NN1CC(COCc2ccccc2)OC1C=O. The first-order valence-corrected chi connectivity index (χ1v) is 5.53. The van der Waals surface area contributed by atoms with Crippen molar-refractivity contribution in [1.29, 1.82) is 0 Å². The van der Waals surface area contributed by atoms with E-state index in [2.05, 4.69) is 0 Å². The Balaban J connectivity index is 1.71. The summed E-state index contributed by atoms with van der Waals surface area (Å²) in [4.78, 5) is 10.6. The van der Waals surface area contributed by atoms with Gasteiger partial charge in [-0.15, -0.1) is 0 Å². The molecular weight excluding hydrogens is 220 g/mol. The van der Waals surface area contributed by atoms with Crippen molar-refractivity contribution >= 4 is 6.29 Å². The molecule has 2 atom stereocenters. The van der Waals surface area contributed by atoms with Crippen molar-refractivity contribution in [3.05, 3.63) is 35.9 Å². The van der Waals surface area contributed by atoms with E-state index in [1.54, 1.807) is 0 Å². The Morgan fingerprint density at radius 2 is 2.24 bits per heavy atom. The summed E-state index contributed by atoms with van der Waals surface area (Å²) >= 11 is 0. The number of carbonyl (C=O) groups excluding carboxylic acids is 1. The summed E-state index contributed by atoms with van der Waals surface area (Å²) in [5.74, 6) is 5.58. The largest absolute Gasteiger partial charge is 0.374 e. The van der Waals surface area contributed by atoms with Gasteiger partial charge in [-0.2, -0.15) is 0 Å². The van der Waals surface area contributed by atoms with Crippen molar-refractivity contribution in [2.75, 3.05) is 13.2 Å². The number of hydrogen-bond donors (Lipinski definition) is 1. The van der Waals surface area contributed by atoms with Crippen LogP contribution in [0, 0.1) is 0 Å². The number of nitrogens with zero attached hydrogens (tertiary/aromatic N) is 1. The molecule has 1 heterocycles. The molecule has 1 saturated heterocycles. The molecule has 5 nitrogen and oxygen atoms in total. The molecular formula is C12H16N2O3. The monoisotopic (exact) mass is 236 g/mol. The number of ether oxygens (including phenoxy) is 2. The maximum absolute atomic E-state index is 10.6. The second-order valence-electron chi connectivity index (χ2n) is 3.98. The van der Waals surface area contributed by atoms with Gasteiger partial charge in [-0.25, -0.2) is 5.01 Å². The molecule has 92 valence electrons. The normalized spacial score (nSPS) is 25.0. The number of carbonyl (C=O) groups is 1. The summed E-state index contributed by atoms with van der Waals surface area (Å²) < 4.78 is 10.9. The molecule has 0 saturated carbocycles. The molecule has 1 aliphatic heterocycles. The van der Waals surface area contributed by atoms with E-state index < -0.39 is 6.23 Å². The van der Waals surface area contributed by atoms with E-state index in [1.807, 2.05) is 30.3 Å². The first-order chi connectivity index (χ1) is 8.29. The van der Waals surface area contributed by atoms with Crippen LogP contribution in [0.4, 0.5) is 0 Å². The Morgan fingerprint density at radius 1 is 1.47 bits per heavy atom. The van der Waals surface area contributed by atoms with E-state index in [1.165, 1.54) is 5.01 Å². The molecule has 2 N–H and O–H groups in total. The van der Waals surface area contributed by atoms with Gasteiger partial charge in [0.25, 0.3) is 0 Å². The fourth-order valence-electron chi connectivity index (χ4n) is 1.74.